The highest BCUT2D eigenvalue weighted by molar-refractivity contribution is 5.66. The molecule has 0 atom stereocenters. The van der Waals surface area contributed by atoms with Crippen LogP contribution in [0.4, 0.5) is 0 Å². The van der Waals surface area contributed by atoms with Crippen LogP contribution in [0.5, 0.6) is 97.7 Å². The van der Waals surface area contributed by atoms with Crippen molar-refractivity contribution in [1.82, 2.24) is 0 Å². The van der Waals surface area contributed by atoms with E-state index in [0.717, 1.165) is 142 Å². The molecule has 0 aliphatic rings. The Morgan fingerprint density at radius 2 is 0.534 bits per heavy atom. The molecule has 16 aromatic rings. The smallest absolute Gasteiger partial charge is 0.200 e. The first-order valence-corrected chi connectivity index (χ1v) is 49.0. The third-order valence-corrected chi connectivity index (χ3v) is 27.0. The molecule has 0 unspecified atom stereocenters. The molecule has 17 N–H and O–H groups in total. The van der Waals surface area contributed by atoms with E-state index in [1.54, 1.807) is 121 Å². The molecule has 0 aromatic heterocycles. The van der Waals surface area contributed by atoms with Crippen LogP contribution >= 0.6 is 0 Å². The van der Waals surface area contributed by atoms with Gasteiger partial charge in [0.25, 0.3) is 0 Å². The predicted molar refractivity (Wildman–Crippen MR) is 592 cm³/mol. The van der Waals surface area contributed by atoms with Gasteiger partial charge >= 0.3 is 0 Å². The van der Waals surface area contributed by atoms with Gasteiger partial charge in [-0.2, -0.15) is 0 Å². The Morgan fingerprint density at radius 3 is 0.877 bits per heavy atom. The van der Waals surface area contributed by atoms with E-state index in [9.17, 15) is 76.6 Å². The largest absolute Gasteiger partial charge is 0.508 e. The lowest BCUT2D eigenvalue weighted by molar-refractivity contribution is 0.284. The van der Waals surface area contributed by atoms with Gasteiger partial charge in [-0.15, -0.1) is 0 Å². The van der Waals surface area contributed by atoms with E-state index in [-0.39, 0.29) is 79.3 Å². The Morgan fingerprint density at radius 1 is 0.226 bits per heavy atom. The van der Waals surface area contributed by atoms with Crippen molar-refractivity contribution < 1.29 is 86.8 Å². The predicted octanol–water partition coefficient (Wildman–Crippen LogP) is 30.3. The number of hydrogen-bond acceptors (Lipinski definition) is 17. The van der Waals surface area contributed by atoms with Crippen molar-refractivity contribution in [1.29, 1.82) is 0 Å². The second kappa shape index (κ2) is 49.9. The second-order valence-corrected chi connectivity index (χ2v) is 41.4. The van der Waals surface area contributed by atoms with E-state index >= 15 is 0 Å². The average molecular weight is 1970 g/mol. The summed E-state index contributed by atoms with van der Waals surface area (Å²) in [5.74, 6) is 3.42. The third-order valence-electron chi connectivity index (χ3n) is 27.0. The molecule has 0 saturated heterocycles. The van der Waals surface area contributed by atoms with Gasteiger partial charge in [-0.25, -0.2) is 0 Å². The average Bonchev–Trinajstić information content (AvgIpc) is 0.753. The number of rotatable bonds is 18. The van der Waals surface area contributed by atoms with Gasteiger partial charge in [0.15, 0.2) is 11.5 Å². The standard InChI is InChI=1S/C25H28O3.C18H22O2.C17H20O2.2C15H16O2.C14H22O.C13H12O3.C12H10O2/c1-13-11-20(15(3)17(5)24(13)27)23(19-9-7-8-10-22(19)26)21-12-14(2)25(28)18(6)16(21)4;1-13(2)12-18(3,14-4-8-16(19)9-5-14)15-6-10-17(20)11-7-15;1-11-9-13(5-7-15(11)18)17(3,4)14-6-8-16(19)12(2)10-14;1-15(2,11-3-7-13(16)8-4-11)12-5-9-14(17)10-6-12;1-10-7-12(3-5-14(10)16)9-13-4-6-15(17)11(2)8-13;1-13(2,3)10-14(4,5)11-6-8-12(15)9-7-11;14-11-7-6-10(12(15)13(11)16)8-9-4-2-1-3-5-9;13-11-5-1-9(2-6-11)10-3-7-12(14)8-4-10/h7-12,23,26-28H,1-6H3;4-11,13,19-20H,12H2,1-3H3;5-10,18-19H,1-4H3;3-10,16-17H,1-2H3;3-8,16-17H,9H2,1-2H3;6-9,15H,10H2,1-5H3;1-7,14-16H,8H2;1-8,13-14H. The lowest BCUT2D eigenvalue weighted by atomic mass is 9.71. The fraction of sp³-hybridized carbons (Fsp3) is 0.256. The second-order valence-electron chi connectivity index (χ2n) is 41.4. The summed E-state index contributed by atoms with van der Waals surface area (Å²) < 4.78 is 0. The molecular formula is C129H146O17. The van der Waals surface area contributed by atoms with Crippen molar-refractivity contribution in [2.45, 2.75) is 206 Å². The van der Waals surface area contributed by atoms with Gasteiger partial charge in [-0.1, -0.05) is 283 Å². The van der Waals surface area contributed by atoms with E-state index in [1.807, 2.05) is 263 Å². The molecule has 17 heteroatoms. The first-order valence-electron chi connectivity index (χ1n) is 49.0. The quantitative estimate of drug-likeness (QED) is 0.0280. The van der Waals surface area contributed by atoms with Gasteiger partial charge < -0.3 is 86.8 Å². The van der Waals surface area contributed by atoms with Gasteiger partial charge in [-0.05, 0) is 360 Å². The van der Waals surface area contributed by atoms with Crippen LogP contribution in [0.1, 0.15) is 235 Å². The first-order chi connectivity index (χ1) is 68.6. The molecule has 0 aliphatic heterocycles. The van der Waals surface area contributed by atoms with E-state index in [0.29, 0.717) is 63.6 Å². The molecule has 0 saturated carbocycles. The minimum atomic E-state index is -0.464. The zero-order valence-corrected chi connectivity index (χ0v) is 88.2. The fourth-order valence-corrected chi connectivity index (χ4v) is 18.2. The van der Waals surface area contributed by atoms with Crippen molar-refractivity contribution in [2.75, 3.05) is 0 Å². The maximum absolute atomic E-state index is 10.7. The number of aromatic hydroxyl groups is 17. The van der Waals surface area contributed by atoms with Crippen LogP contribution in [0, 0.1) is 80.6 Å². The summed E-state index contributed by atoms with van der Waals surface area (Å²) in [6.07, 6.45) is 3.45. The number of phenolic OH excluding ortho intramolecular Hbond substituents is 17. The Hall–Kier alpha value is -15.9. The van der Waals surface area contributed by atoms with Gasteiger partial charge in [0.1, 0.15) is 80.5 Å². The monoisotopic (exact) mass is 1970 g/mol. The maximum atomic E-state index is 10.7. The summed E-state index contributed by atoms with van der Waals surface area (Å²) in [5, 5.41) is 163. The lowest BCUT2D eigenvalue weighted by Gasteiger charge is -2.33. The molecule has 0 spiro atoms. The highest BCUT2D eigenvalue weighted by Gasteiger charge is 2.33. The summed E-state index contributed by atoms with van der Waals surface area (Å²) in [7, 11) is 0. The van der Waals surface area contributed by atoms with Crippen LogP contribution in [0.25, 0.3) is 11.1 Å². The van der Waals surface area contributed by atoms with Crippen LogP contribution < -0.4 is 0 Å². The minimum Gasteiger partial charge on any atom is -0.508 e. The Labute approximate surface area is 862 Å². The minimum absolute atomic E-state index is 0.129. The Balaban J connectivity index is 0.000000187. The van der Waals surface area contributed by atoms with E-state index < -0.39 is 5.75 Å². The van der Waals surface area contributed by atoms with Gasteiger partial charge in [-0.3, -0.25) is 0 Å². The van der Waals surface area contributed by atoms with E-state index in [1.165, 1.54) is 22.8 Å². The van der Waals surface area contributed by atoms with E-state index in [4.69, 9.17) is 10.2 Å². The topological polar surface area (TPSA) is 344 Å². The summed E-state index contributed by atoms with van der Waals surface area (Å²) >= 11 is 0. The van der Waals surface area contributed by atoms with Gasteiger partial charge in [0.2, 0.25) is 5.75 Å². The fourth-order valence-electron chi connectivity index (χ4n) is 18.2. The number of benzene rings is 16. The molecule has 0 fully saturated rings. The number of para-hydroxylation sites is 1. The molecule has 0 heterocycles. The van der Waals surface area contributed by atoms with Crippen molar-refractivity contribution in [3.63, 3.8) is 0 Å². The highest BCUT2D eigenvalue weighted by atomic mass is 16.3. The van der Waals surface area contributed by atoms with Gasteiger partial charge in [0, 0.05) is 39.7 Å². The van der Waals surface area contributed by atoms with Crippen LogP contribution in [0.3, 0.4) is 0 Å². The molecule has 0 radical (unpaired) electrons. The molecule has 16 aromatic carbocycles. The van der Waals surface area contributed by atoms with Crippen molar-refractivity contribution >= 4 is 0 Å². The zero-order valence-electron chi connectivity index (χ0n) is 88.2. The number of aryl methyl sites for hydroxylation is 6. The van der Waals surface area contributed by atoms with Crippen LogP contribution in [0.2, 0.25) is 0 Å². The Bertz CT molecular complexity index is 6680. The van der Waals surface area contributed by atoms with Crippen LogP contribution in [0.15, 0.2) is 322 Å². The third kappa shape index (κ3) is 30.8. The zero-order chi connectivity index (χ0) is 108. The summed E-state index contributed by atoms with van der Waals surface area (Å²) in [5.41, 5.74) is 25.9. The number of hydrogen-bond donors (Lipinski definition) is 17. The molecule has 0 amide bonds. The SMILES string of the molecule is CC(C)(C)CC(C)(C)c1ccc(O)cc1.CC(C)(c1ccc(O)cc1)c1ccc(O)cc1.CC(C)CC(C)(c1ccc(O)cc1)c1ccc(O)cc1.Cc1cc(C(C)(C)c2ccc(O)c(C)c2)ccc1O.Cc1cc(C(c2ccccc2O)c2cc(C)c(O)c(C)c2C)c(C)c(C)c1O.Cc1cc(Cc2ccc(O)c(C)c2)ccc1O.Oc1ccc(-c2ccc(O)cc2)cc1.Oc1ccc(Cc2ccccc2)c(O)c1O. The summed E-state index contributed by atoms with van der Waals surface area (Å²) in [6, 6.07) is 97.3. The molecule has 764 valence electrons. The molecule has 146 heavy (non-hydrogen) atoms. The number of phenols is 17. The lowest BCUT2D eigenvalue weighted by Crippen LogP contribution is -2.25. The van der Waals surface area contributed by atoms with Crippen molar-refractivity contribution in [3.05, 3.63) is 455 Å². The summed E-state index contributed by atoms with van der Waals surface area (Å²) in [6.45, 7) is 45.7. The highest BCUT2D eigenvalue weighted by Crippen LogP contribution is 2.47. The van der Waals surface area contributed by atoms with Crippen molar-refractivity contribution in [2.24, 2.45) is 11.3 Å². The van der Waals surface area contributed by atoms with Crippen molar-refractivity contribution in [3.8, 4) is 109 Å². The molecule has 16 rings (SSSR count). The summed E-state index contributed by atoms with van der Waals surface area (Å²) in [4.78, 5) is 0. The first kappa shape index (κ1) is 114. The van der Waals surface area contributed by atoms with Crippen LogP contribution in [-0.2, 0) is 34.5 Å². The molecule has 0 bridgehead atoms. The molecule has 17 nitrogen and oxygen atoms in total. The van der Waals surface area contributed by atoms with Gasteiger partial charge in [0.05, 0.1) is 0 Å². The van der Waals surface area contributed by atoms with Crippen LogP contribution in [-0.4, -0.2) is 86.8 Å². The maximum Gasteiger partial charge on any atom is 0.200 e. The molecule has 0 aliphatic carbocycles. The Kier molecular flexibility index (Phi) is 38.9. The normalized spacial score (nSPS) is 11.2. The molecular weight excluding hydrogens is 1820 g/mol. The van der Waals surface area contributed by atoms with E-state index in [2.05, 4.69) is 83.1 Å².